The minimum absolute atomic E-state index is 0.675. The van der Waals surface area contributed by atoms with Gasteiger partial charge in [-0.25, -0.2) is 4.98 Å². The second kappa shape index (κ2) is 5.87. The Morgan fingerprint density at radius 1 is 1.32 bits per heavy atom. The molecule has 96 valence electrons. The van der Waals surface area contributed by atoms with Crippen molar-refractivity contribution < 1.29 is 4.74 Å². The van der Waals surface area contributed by atoms with E-state index >= 15 is 0 Å². The van der Waals surface area contributed by atoms with Crippen LogP contribution in [0.15, 0.2) is 42.6 Å². The molecule has 19 heavy (non-hydrogen) atoms. The SMILES string of the molecule is COc1ccc(N(C)Cc2cccc(C#N)c2)nc1. The van der Waals surface area contributed by atoms with Gasteiger partial charge in [-0.15, -0.1) is 0 Å². The average Bonchev–Trinajstić information content (AvgIpc) is 2.47. The van der Waals surface area contributed by atoms with Gasteiger partial charge in [0.15, 0.2) is 0 Å². The summed E-state index contributed by atoms with van der Waals surface area (Å²) in [5.74, 6) is 1.60. The number of methoxy groups -OCH3 is 1. The largest absolute Gasteiger partial charge is 0.495 e. The highest BCUT2D eigenvalue weighted by Crippen LogP contribution is 2.16. The van der Waals surface area contributed by atoms with Crippen LogP contribution in [-0.2, 0) is 6.54 Å². The third-order valence-electron chi connectivity index (χ3n) is 2.82. The number of anilines is 1. The second-order valence-corrected chi connectivity index (χ2v) is 4.22. The predicted molar refractivity (Wildman–Crippen MR) is 74.1 cm³/mol. The maximum absolute atomic E-state index is 8.88. The van der Waals surface area contributed by atoms with Crippen molar-refractivity contribution in [3.05, 3.63) is 53.7 Å². The summed E-state index contributed by atoms with van der Waals surface area (Å²) in [5.41, 5.74) is 1.76. The standard InChI is InChI=1S/C15H15N3O/c1-18(15-7-6-14(19-2)10-17-15)11-13-5-3-4-12(8-13)9-16/h3-8,10H,11H2,1-2H3. The van der Waals surface area contributed by atoms with Crippen molar-refractivity contribution in [2.75, 3.05) is 19.1 Å². The Labute approximate surface area is 112 Å². The molecule has 0 aliphatic carbocycles. The molecule has 0 bridgehead atoms. The number of ether oxygens (including phenoxy) is 1. The van der Waals surface area contributed by atoms with Gasteiger partial charge in [-0.1, -0.05) is 12.1 Å². The van der Waals surface area contributed by atoms with Gasteiger partial charge >= 0.3 is 0 Å². The summed E-state index contributed by atoms with van der Waals surface area (Å²) in [6, 6.07) is 13.5. The molecule has 0 atom stereocenters. The third kappa shape index (κ3) is 3.23. The van der Waals surface area contributed by atoms with E-state index in [1.807, 2.05) is 42.3 Å². The van der Waals surface area contributed by atoms with Crippen molar-refractivity contribution in [1.82, 2.24) is 4.98 Å². The molecule has 2 rings (SSSR count). The van der Waals surface area contributed by atoms with Gasteiger partial charge in [0.05, 0.1) is 24.9 Å². The van der Waals surface area contributed by atoms with Crippen molar-refractivity contribution in [2.24, 2.45) is 0 Å². The van der Waals surface area contributed by atoms with E-state index in [1.165, 1.54) is 0 Å². The molecule has 0 saturated heterocycles. The molecule has 1 aromatic carbocycles. The van der Waals surface area contributed by atoms with E-state index in [9.17, 15) is 0 Å². The van der Waals surface area contributed by atoms with Crippen LogP contribution < -0.4 is 9.64 Å². The Morgan fingerprint density at radius 3 is 2.79 bits per heavy atom. The van der Waals surface area contributed by atoms with Crippen LogP contribution >= 0.6 is 0 Å². The van der Waals surface area contributed by atoms with E-state index in [0.29, 0.717) is 12.1 Å². The maximum Gasteiger partial charge on any atom is 0.137 e. The van der Waals surface area contributed by atoms with Crippen LogP contribution in [0.25, 0.3) is 0 Å². The van der Waals surface area contributed by atoms with Gasteiger partial charge in [0.2, 0.25) is 0 Å². The summed E-state index contributed by atoms with van der Waals surface area (Å²) in [7, 11) is 3.58. The molecule has 4 nitrogen and oxygen atoms in total. The first-order valence-electron chi connectivity index (χ1n) is 5.93. The molecule has 1 heterocycles. The molecular weight excluding hydrogens is 238 g/mol. The summed E-state index contributed by atoms with van der Waals surface area (Å²) < 4.78 is 5.08. The molecule has 1 aromatic heterocycles. The highest BCUT2D eigenvalue weighted by Gasteiger charge is 2.04. The lowest BCUT2D eigenvalue weighted by atomic mass is 10.1. The molecule has 0 saturated carbocycles. The Kier molecular flexibility index (Phi) is 3.99. The number of aromatic nitrogens is 1. The fraction of sp³-hybridized carbons (Fsp3) is 0.200. The topological polar surface area (TPSA) is 49.1 Å². The number of pyridine rings is 1. The van der Waals surface area contributed by atoms with E-state index in [-0.39, 0.29) is 0 Å². The monoisotopic (exact) mass is 253 g/mol. The van der Waals surface area contributed by atoms with Crippen LogP contribution in [0.2, 0.25) is 0 Å². The van der Waals surface area contributed by atoms with Crippen LogP contribution in [-0.4, -0.2) is 19.1 Å². The molecule has 0 radical (unpaired) electrons. The lowest BCUT2D eigenvalue weighted by Gasteiger charge is -2.18. The number of hydrogen-bond acceptors (Lipinski definition) is 4. The Morgan fingerprint density at radius 2 is 2.16 bits per heavy atom. The normalized spacial score (nSPS) is 9.74. The molecule has 0 aliphatic rings. The van der Waals surface area contributed by atoms with Gasteiger partial charge in [0.25, 0.3) is 0 Å². The molecule has 0 unspecified atom stereocenters. The molecule has 0 spiro atoms. The summed E-state index contributed by atoms with van der Waals surface area (Å²) >= 11 is 0. The zero-order valence-electron chi connectivity index (χ0n) is 11.0. The fourth-order valence-electron chi connectivity index (χ4n) is 1.81. The Balaban J connectivity index is 2.11. The van der Waals surface area contributed by atoms with Crippen LogP contribution in [0.1, 0.15) is 11.1 Å². The molecule has 0 fully saturated rings. The predicted octanol–water partition coefficient (Wildman–Crippen LogP) is 2.60. The van der Waals surface area contributed by atoms with E-state index in [0.717, 1.165) is 17.1 Å². The van der Waals surface area contributed by atoms with E-state index in [1.54, 1.807) is 19.4 Å². The van der Waals surface area contributed by atoms with Gasteiger partial charge in [-0.3, -0.25) is 0 Å². The molecule has 0 aliphatic heterocycles. The Bertz CT molecular complexity index is 587. The number of benzene rings is 1. The molecule has 2 aromatic rings. The molecule has 0 amide bonds. The van der Waals surface area contributed by atoms with Gasteiger partial charge in [-0.05, 0) is 29.8 Å². The van der Waals surface area contributed by atoms with Crippen molar-refractivity contribution in [3.63, 3.8) is 0 Å². The van der Waals surface area contributed by atoms with Crippen LogP contribution in [0.4, 0.5) is 5.82 Å². The second-order valence-electron chi connectivity index (χ2n) is 4.22. The summed E-state index contributed by atoms with van der Waals surface area (Å²) in [4.78, 5) is 6.35. The van der Waals surface area contributed by atoms with Crippen LogP contribution in [0.5, 0.6) is 5.75 Å². The third-order valence-corrected chi connectivity index (χ3v) is 2.82. The molecule has 0 N–H and O–H groups in total. The summed E-state index contributed by atoms with van der Waals surface area (Å²) in [5, 5.41) is 8.88. The van der Waals surface area contributed by atoms with Gasteiger partial charge in [0, 0.05) is 13.6 Å². The first-order chi connectivity index (χ1) is 9.22. The van der Waals surface area contributed by atoms with Gasteiger partial charge in [0.1, 0.15) is 11.6 Å². The fourth-order valence-corrected chi connectivity index (χ4v) is 1.81. The number of nitriles is 1. The lowest BCUT2D eigenvalue weighted by Crippen LogP contribution is -2.17. The van der Waals surface area contributed by atoms with E-state index in [2.05, 4.69) is 11.1 Å². The highest BCUT2D eigenvalue weighted by molar-refractivity contribution is 5.42. The maximum atomic E-state index is 8.88. The zero-order valence-corrected chi connectivity index (χ0v) is 11.0. The smallest absolute Gasteiger partial charge is 0.137 e. The van der Waals surface area contributed by atoms with Crippen LogP contribution in [0.3, 0.4) is 0 Å². The summed E-state index contributed by atoms with van der Waals surface area (Å²) in [6.07, 6.45) is 1.69. The van der Waals surface area contributed by atoms with E-state index in [4.69, 9.17) is 10.00 Å². The average molecular weight is 253 g/mol. The number of rotatable bonds is 4. The van der Waals surface area contributed by atoms with E-state index < -0.39 is 0 Å². The van der Waals surface area contributed by atoms with Gasteiger partial charge in [-0.2, -0.15) is 5.26 Å². The Hall–Kier alpha value is -2.54. The van der Waals surface area contributed by atoms with Crippen molar-refractivity contribution in [2.45, 2.75) is 6.54 Å². The summed E-state index contributed by atoms with van der Waals surface area (Å²) in [6.45, 7) is 0.703. The minimum Gasteiger partial charge on any atom is -0.495 e. The molecular formula is C15H15N3O. The first-order valence-corrected chi connectivity index (χ1v) is 5.93. The highest BCUT2D eigenvalue weighted by atomic mass is 16.5. The van der Waals surface area contributed by atoms with Crippen LogP contribution in [0, 0.1) is 11.3 Å². The van der Waals surface area contributed by atoms with Gasteiger partial charge < -0.3 is 9.64 Å². The number of nitrogens with zero attached hydrogens (tertiary/aromatic N) is 3. The van der Waals surface area contributed by atoms with Crippen molar-refractivity contribution in [1.29, 1.82) is 5.26 Å². The first kappa shape index (κ1) is 12.9. The molecule has 4 heteroatoms. The van der Waals surface area contributed by atoms with Crippen molar-refractivity contribution in [3.8, 4) is 11.8 Å². The van der Waals surface area contributed by atoms with Crippen molar-refractivity contribution >= 4 is 5.82 Å². The number of hydrogen-bond donors (Lipinski definition) is 0. The lowest BCUT2D eigenvalue weighted by molar-refractivity contribution is 0.413. The zero-order chi connectivity index (χ0) is 13.7. The quantitative estimate of drug-likeness (QED) is 0.840. The minimum atomic E-state index is 0.675.